The van der Waals surface area contributed by atoms with Gasteiger partial charge in [0.25, 0.3) is 0 Å². The lowest BCUT2D eigenvalue weighted by Gasteiger charge is -2.31. The molecule has 21 heavy (non-hydrogen) atoms. The number of carboxylic acids is 1. The molecule has 1 aliphatic rings. The second-order valence-corrected chi connectivity index (χ2v) is 5.28. The molecule has 0 radical (unpaired) electrons. The smallest absolute Gasteiger partial charge is 0.338 e. The number of amides is 1. The van der Waals surface area contributed by atoms with Gasteiger partial charge < -0.3 is 10.4 Å². The Hall–Kier alpha value is -1.95. The monoisotopic (exact) mass is 294 g/mol. The molecule has 0 spiro atoms. The first-order valence-corrected chi connectivity index (χ1v) is 6.97. The molecule has 0 saturated carbocycles. The molecule has 1 heterocycles. The van der Waals surface area contributed by atoms with E-state index in [2.05, 4.69) is 10.2 Å². The normalized spacial score (nSPS) is 16.7. The number of benzene rings is 1. The Balaban J connectivity index is 1.93. The molecule has 0 bridgehead atoms. The van der Waals surface area contributed by atoms with Gasteiger partial charge in [-0.15, -0.1) is 0 Å². The van der Waals surface area contributed by atoms with Crippen LogP contribution in [0.15, 0.2) is 18.2 Å². The summed E-state index contributed by atoms with van der Waals surface area (Å²) in [6.07, 6.45) is 1.57. The third-order valence-corrected chi connectivity index (χ3v) is 3.87. The van der Waals surface area contributed by atoms with E-state index in [1.54, 1.807) is 13.1 Å². The van der Waals surface area contributed by atoms with Crippen molar-refractivity contribution >= 4 is 11.9 Å². The second kappa shape index (κ2) is 6.67. The maximum absolute atomic E-state index is 13.6. The van der Waals surface area contributed by atoms with Gasteiger partial charge in [-0.25, -0.2) is 9.18 Å². The molecule has 1 amide bonds. The quantitative estimate of drug-likeness (QED) is 0.882. The minimum Gasteiger partial charge on any atom is -0.478 e. The minimum atomic E-state index is -1.26. The molecule has 1 aromatic carbocycles. The highest BCUT2D eigenvalue weighted by molar-refractivity contribution is 5.87. The number of rotatable bonds is 4. The van der Waals surface area contributed by atoms with Crippen LogP contribution in [0.2, 0.25) is 0 Å². The lowest BCUT2D eigenvalue weighted by Crippen LogP contribution is -2.39. The number of likely N-dealkylation sites (tertiary alicyclic amines) is 1. The summed E-state index contributed by atoms with van der Waals surface area (Å²) in [5, 5.41) is 11.5. The molecule has 1 aliphatic heterocycles. The van der Waals surface area contributed by atoms with Crippen LogP contribution in [-0.4, -0.2) is 42.0 Å². The molecule has 2 N–H and O–H groups in total. The lowest BCUT2D eigenvalue weighted by atomic mass is 9.95. The fourth-order valence-electron chi connectivity index (χ4n) is 2.65. The van der Waals surface area contributed by atoms with Crippen molar-refractivity contribution in [2.45, 2.75) is 19.4 Å². The molecule has 1 saturated heterocycles. The van der Waals surface area contributed by atoms with E-state index in [0.717, 1.165) is 31.5 Å². The number of nitrogens with zero attached hydrogens (tertiary/aromatic N) is 1. The van der Waals surface area contributed by atoms with E-state index in [1.807, 2.05) is 0 Å². The Morgan fingerprint density at radius 1 is 1.38 bits per heavy atom. The first-order valence-electron chi connectivity index (χ1n) is 6.97. The average Bonchev–Trinajstić information content (AvgIpc) is 2.47. The standard InChI is InChI=1S/C15H19FN2O3/c1-17-14(19)11-4-6-18(7-5-11)9-10-2-3-12(15(20)21)13(16)8-10/h2-3,8,11H,4-7,9H2,1H3,(H,17,19)(H,20,21). The second-order valence-electron chi connectivity index (χ2n) is 5.28. The molecule has 5 nitrogen and oxygen atoms in total. The number of carbonyl (C=O) groups is 2. The van der Waals surface area contributed by atoms with Crippen molar-refractivity contribution < 1.29 is 19.1 Å². The van der Waals surface area contributed by atoms with Crippen LogP contribution in [0.25, 0.3) is 0 Å². The fourth-order valence-corrected chi connectivity index (χ4v) is 2.65. The van der Waals surface area contributed by atoms with E-state index in [1.165, 1.54) is 12.1 Å². The Morgan fingerprint density at radius 3 is 2.57 bits per heavy atom. The molecule has 2 rings (SSSR count). The summed E-state index contributed by atoms with van der Waals surface area (Å²) in [5.41, 5.74) is 0.438. The van der Waals surface area contributed by atoms with Crippen LogP contribution in [0.4, 0.5) is 4.39 Å². The van der Waals surface area contributed by atoms with Crippen molar-refractivity contribution in [3.05, 3.63) is 35.1 Å². The van der Waals surface area contributed by atoms with Gasteiger partial charge in [-0.05, 0) is 43.6 Å². The average molecular weight is 294 g/mol. The molecule has 1 fully saturated rings. The van der Waals surface area contributed by atoms with Crippen LogP contribution < -0.4 is 5.32 Å². The van der Waals surface area contributed by atoms with Crippen molar-refractivity contribution in [1.82, 2.24) is 10.2 Å². The number of piperidine rings is 1. The SMILES string of the molecule is CNC(=O)C1CCN(Cc2ccc(C(=O)O)c(F)c2)CC1. The van der Waals surface area contributed by atoms with Gasteiger partial charge in [0.1, 0.15) is 5.82 Å². The molecule has 6 heteroatoms. The van der Waals surface area contributed by atoms with E-state index in [9.17, 15) is 14.0 Å². The van der Waals surface area contributed by atoms with E-state index >= 15 is 0 Å². The summed E-state index contributed by atoms with van der Waals surface area (Å²) in [7, 11) is 1.64. The minimum absolute atomic E-state index is 0.0531. The van der Waals surface area contributed by atoms with Crippen LogP contribution in [0.5, 0.6) is 0 Å². The number of carboxylic acid groups (broad SMARTS) is 1. The zero-order valence-corrected chi connectivity index (χ0v) is 11.9. The van der Waals surface area contributed by atoms with Crippen molar-refractivity contribution in [3.8, 4) is 0 Å². The van der Waals surface area contributed by atoms with E-state index < -0.39 is 11.8 Å². The molecule has 0 unspecified atom stereocenters. The number of carbonyl (C=O) groups excluding carboxylic acids is 1. The molecule has 0 aromatic heterocycles. The van der Waals surface area contributed by atoms with Crippen LogP contribution in [0, 0.1) is 11.7 Å². The van der Waals surface area contributed by atoms with Crippen LogP contribution in [-0.2, 0) is 11.3 Å². The molecule has 114 valence electrons. The summed E-state index contributed by atoms with van der Waals surface area (Å²) in [4.78, 5) is 24.5. The van der Waals surface area contributed by atoms with Crippen LogP contribution in [0.3, 0.4) is 0 Å². The molecular formula is C15H19FN2O3. The Labute approximate surface area is 122 Å². The predicted molar refractivity (Wildman–Crippen MR) is 75.4 cm³/mol. The van der Waals surface area contributed by atoms with Gasteiger partial charge >= 0.3 is 5.97 Å². The van der Waals surface area contributed by atoms with Crippen molar-refractivity contribution in [3.63, 3.8) is 0 Å². The number of halogens is 1. The number of hydrogen-bond acceptors (Lipinski definition) is 3. The van der Waals surface area contributed by atoms with Gasteiger partial charge in [-0.3, -0.25) is 9.69 Å². The number of aromatic carboxylic acids is 1. The maximum atomic E-state index is 13.6. The van der Waals surface area contributed by atoms with Gasteiger partial charge in [-0.2, -0.15) is 0 Å². The van der Waals surface area contributed by atoms with Crippen molar-refractivity contribution in [1.29, 1.82) is 0 Å². The molecule has 0 aliphatic carbocycles. The maximum Gasteiger partial charge on any atom is 0.338 e. The Morgan fingerprint density at radius 2 is 2.05 bits per heavy atom. The van der Waals surface area contributed by atoms with Crippen molar-refractivity contribution in [2.24, 2.45) is 5.92 Å². The topological polar surface area (TPSA) is 69.6 Å². The zero-order chi connectivity index (χ0) is 15.4. The summed E-state index contributed by atoms with van der Waals surface area (Å²) in [5.74, 6) is -1.84. The molecule has 0 atom stereocenters. The summed E-state index contributed by atoms with van der Waals surface area (Å²) < 4.78 is 13.6. The summed E-state index contributed by atoms with van der Waals surface area (Å²) >= 11 is 0. The largest absolute Gasteiger partial charge is 0.478 e. The summed E-state index contributed by atoms with van der Waals surface area (Å²) in [6, 6.07) is 4.20. The van der Waals surface area contributed by atoms with E-state index in [0.29, 0.717) is 6.54 Å². The van der Waals surface area contributed by atoms with Crippen molar-refractivity contribution in [2.75, 3.05) is 20.1 Å². The predicted octanol–water partition coefficient (Wildman–Crippen LogP) is 1.48. The third kappa shape index (κ3) is 3.78. The van der Waals surface area contributed by atoms with Gasteiger partial charge in [0.15, 0.2) is 0 Å². The third-order valence-electron chi connectivity index (χ3n) is 3.87. The van der Waals surface area contributed by atoms with Crippen LogP contribution in [0.1, 0.15) is 28.8 Å². The number of nitrogens with one attached hydrogen (secondary N) is 1. The number of hydrogen-bond donors (Lipinski definition) is 2. The molecular weight excluding hydrogens is 275 g/mol. The first-order chi connectivity index (χ1) is 10.0. The van der Waals surface area contributed by atoms with Crippen LogP contribution >= 0.6 is 0 Å². The van der Waals surface area contributed by atoms with Gasteiger partial charge in [0.05, 0.1) is 5.56 Å². The Bertz CT molecular complexity index is 540. The van der Waals surface area contributed by atoms with Gasteiger partial charge in [-0.1, -0.05) is 6.07 Å². The Kier molecular flexibility index (Phi) is 4.90. The van der Waals surface area contributed by atoms with E-state index in [-0.39, 0.29) is 17.4 Å². The highest BCUT2D eigenvalue weighted by Crippen LogP contribution is 2.20. The van der Waals surface area contributed by atoms with Gasteiger partial charge in [0.2, 0.25) is 5.91 Å². The van der Waals surface area contributed by atoms with Gasteiger partial charge in [0, 0.05) is 19.5 Å². The lowest BCUT2D eigenvalue weighted by molar-refractivity contribution is -0.125. The first kappa shape index (κ1) is 15.4. The zero-order valence-electron chi connectivity index (χ0n) is 11.9. The highest BCUT2D eigenvalue weighted by Gasteiger charge is 2.24. The molecule has 1 aromatic rings. The summed E-state index contributed by atoms with van der Waals surface area (Å²) in [6.45, 7) is 2.12. The van der Waals surface area contributed by atoms with E-state index in [4.69, 9.17) is 5.11 Å². The fraction of sp³-hybridized carbons (Fsp3) is 0.467. The highest BCUT2D eigenvalue weighted by atomic mass is 19.1.